The van der Waals surface area contributed by atoms with Crippen LogP contribution in [0.3, 0.4) is 0 Å². The molecule has 0 aliphatic carbocycles. The van der Waals surface area contributed by atoms with Gasteiger partial charge in [-0.25, -0.2) is 0 Å². The third-order valence-corrected chi connectivity index (χ3v) is 5.24. The number of nitrogens with one attached hydrogen (secondary N) is 1. The number of nitrogens with zero attached hydrogens (tertiary/aromatic N) is 2. The predicted octanol–water partition coefficient (Wildman–Crippen LogP) is 4.48. The molecular formula is C20H14ClN3O5S. The Kier molecular flexibility index (Phi) is 6.65. The molecule has 8 nitrogen and oxygen atoms in total. The second kappa shape index (κ2) is 9.38. The van der Waals surface area contributed by atoms with E-state index in [1.54, 1.807) is 42.5 Å². The first-order valence-electron chi connectivity index (χ1n) is 8.56. The van der Waals surface area contributed by atoms with Crippen molar-refractivity contribution in [2.45, 2.75) is 0 Å². The molecule has 1 aliphatic heterocycles. The van der Waals surface area contributed by atoms with E-state index in [4.69, 9.17) is 11.6 Å². The Bertz CT molecular complexity index is 1100. The number of nitro benzene ring substituents is 1. The molecule has 1 heterocycles. The molecule has 152 valence electrons. The number of benzene rings is 2. The normalized spacial score (nSPS) is 15.2. The van der Waals surface area contributed by atoms with Gasteiger partial charge in [-0.05, 0) is 42.1 Å². The summed E-state index contributed by atoms with van der Waals surface area (Å²) >= 11 is 6.66. The van der Waals surface area contributed by atoms with Crippen molar-refractivity contribution < 1.29 is 19.3 Å². The van der Waals surface area contributed by atoms with Gasteiger partial charge in [0.05, 0.1) is 26.1 Å². The Balaban J connectivity index is 1.68. The Morgan fingerprint density at radius 2 is 1.87 bits per heavy atom. The van der Waals surface area contributed by atoms with Crippen LogP contribution in [0.25, 0.3) is 6.08 Å². The van der Waals surface area contributed by atoms with Crippen molar-refractivity contribution in [2.24, 2.45) is 0 Å². The third-order valence-electron chi connectivity index (χ3n) is 3.98. The highest BCUT2D eigenvalue weighted by atomic mass is 35.5. The predicted molar refractivity (Wildman–Crippen MR) is 115 cm³/mol. The van der Waals surface area contributed by atoms with E-state index < -0.39 is 28.5 Å². The number of rotatable bonds is 6. The van der Waals surface area contributed by atoms with Gasteiger partial charge in [0.25, 0.3) is 16.8 Å². The van der Waals surface area contributed by atoms with Gasteiger partial charge in [-0.1, -0.05) is 41.9 Å². The van der Waals surface area contributed by atoms with E-state index in [1.165, 1.54) is 24.3 Å². The first-order chi connectivity index (χ1) is 14.4. The molecule has 0 radical (unpaired) electrons. The fourth-order valence-corrected chi connectivity index (χ4v) is 3.55. The SMILES string of the molecule is O=C(CN1C(=O)S/C(=C/C=C/c2ccccc2[N+](=O)[O-])C1=O)Nc1ccccc1Cl. The highest BCUT2D eigenvalue weighted by Gasteiger charge is 2.36. The van der Waals surface area contributed by atoms with Gasteiger partial charge >= 0.3 is 0 Å². The number of amides is 3. The molecule has 0 unspecified atom stereocenters. The maximum Gasteiger partial charge on any atom is 0.294 e. The van der Waals surface area contributed by atoms with E-state index in [1.807, 2.05) is 0 Å². The van der Waals surface area contributed by atoms with E-state index in [0.29, 0.717) is 28.0 Å². The van der Waals surface area contributed by atoms with Crippen LogP contribution in [0.4, 0.5) is 16.2 Å². The quantitative estimate of drug-likeness (QED) is 0.400. The van der Waals surface area contributed by atoms with Crippen molar-refractivity contribution in [3.05, 3.63) is 86.3 Å². The average molecular weight is 444 g/mol. The Hall–Kier alpha value is -3.43. The van der Waals surface area contributed by atoms with Crippen LogP contribution in [-0.4, -0.2) is 33.4 Å². The lowest BCUT2D eigenvalue weighted by atomic mass is 10.1. The zero-order valence-electron chi connectivity index (χ0n) is 15.3. The fraction of sp³-hybridized carbons (Fsp3) is 0.0500. The van der Waals surface area contributed by atoms with E-state index in [0.717, 1.165) is 4.90 Å². The second-order valence-electron chi connectivity index (χ2n) is 5.99. The van der Waals surface area contributed by atoms with Crippen LogP contribution in [0, 0.1) is 10.1 Å². The van der Waals surface area contributed by atoms with Crippen molar-refractivity contribution in [2.75, 3.05) is 11.9 Å². The zero-order chi connectivity index (χ0) is 21.7. The van der Waals surface area contributed by atoms with Crippen LogP contribution in [0.5, 0.6) is 0 Å². The van der Waals surface area contributed by atoms with Gasteiger partial charge in [0.2, 0.25) is 5.91 Å². The minimum absolute atomic E-state index is 0.0773. The smallest absolute Gasteiger partial charge is 0.294 e. The molecule has 10 heteroatoms. The molecular weight excluding hydrogens is 430 g/mol. The maximum absolute atomic E-state index is 12.5. The summed E-state index contributed by atoms with van der Waals surface area (Å²) in [6.07, 6.45) is 4.30. The van der Waals surface area contributed by atoms with Crippen LogP contribution in [0.2, 0.25) is 5.02 Å². The minimum atomic E-state index is -0.619. The second-order valence-corrected chi connectivity index (χ2v) is 7.39. The molecule has 2 aromatic rings. The third kappa shape index (κ3) is 4.94. The number of hydrogen-bond donors (Lipinski definition) is 1. The number of halogens is 1. The lowest BCUT2D eigenvalue weighted by molar-refractivity contribution is -0.385. The monoisotopic (exact) mass is 443 g/mol. The lowest BCUT2D eigenvalue weighted by Crippen LogP contribution is -2.36. The number of para-hydroxylation sites is 2. The Morgan fingerprint density at radius 3 is 2.60 bits per heavy atom. The fourth-order valence-electron chi connectivity index (χ4n) is 2.58. The number of imide groups is 1. The molecule has 30 heavy (non-hydrogen) atoms. The number of thioether (sulfide) groups is 1. The maximum atomic E-state index is 12.5. The van der Waals surface area contributed by atoms with Crippen molar-refractivity contribution in [3.8, 4) is 0 Å². The Morgan fingerprint density at radius 1 is 1.17 bits per heavy atom. The van der Waals surface area contributed by atoms with Gasteiger partial charge < -0.3 is 5.32 Å². The minimum Gasteiger partial charge on any atom is -0.323 e. The molecule has 1 aliphatic rings. The van der Waals surface area contributed by atoms with Gasteiger partial charge in [-0.15, -0.1) is 0 Å². The standard InChI is InChI=1S/C20H14ClN3O5S/c21-14-8-2-3-9-15(14)22-18(25)12-23-19(26)17(30-20(23)27)11-5-7-13-6-1-4-10-16(13)24(28)29/h1-11H,12H2,(H,22,25)/b7-5+,17-11+. The summed E-state index contributed by atoms with van der Waals surface area (Å²) in [6, 6.07) is 12.7. The van der Waals surface area contributed by atoms with Crippen molar-refractivity contribution >= 4 is 57.9 Å². The average Bonchev–Trinajstić information content (AvgIpc) is 2.97. The summed E-state index contributed by atoms with van der Waals surface area (Å²) in [4.78, 5) is 48.2. The van der Waals surface area contributed by atoms with Crippen LogP contribution in [0.1, 0.15) is 5.56 Å². The summed E-state index contributed by atoms with van der Waals surface area (Å²) < 4.78 is 0. The van der Waals surface area contributed by atoms with E-state index >= 15 is 0 Å². The van der Waals surface area contributed by atoms with Crippen molar-refractivity contribution in [1.82, 2.24) is 4.90 Å². The first-order valence-corrected chi connectivity index (χ1v) is 9.76. The molecule has 0 atom stereocenters. The highest BCUT2D eigenvalue weighted by Crippen LogP contribution is 2.31. The van der Waals surface area contributed by atoms with E-state index in [9.17, 15) is 24.5 Å². The molecule has 2 aromatic carbocycles. The summed E-state index contributed by atoms with van der Waals surface area (Å²) in [5.41, 5.74) is 0.655. The summed E-state index contributed by atoms with van der Waals surface area (Å²) in [5.74, 6) is -1.19. The van der Waals surface area contributed by atoms with Crippen molar-refractivity contribution in [3.63, 3.8) is 0 Å². The zero-order valence-corrected chi connectivity index (χ0v) is 16.9. The van der Waals surface area contributed by atoms with Gasteiger partial charge in [0, 0.05) is 6.07 Å². The summed E-state index contributed by atoms with van der Waals surface area (Å²) in [5, 5.41) is 13.3. The number of carbonyl (C=O) groups is 3. The molecule has 1 N–H and O–H groups in total. The topological polar surface area (TPSA) is 110 Å². The molecule has 3 amide bonds. The van der Waals surface area contributed by atoms with Gasteiger partial charge in [0.15, 0.2) is 0 Å². The van der Waals surface area contributed by atoms with E-state index in [2.05, 4.69) is 5.32 Å². The number of anilines is 1. The molecule has 1 fully saturated rings. The molecule has 0 saturated carbocycles. The number of hydrogen-bond acceptors (Lipinski definition) is 6. The number of carbonyl (C=O) groups excluding carboxylic acids is 3. The van der Waals surface area contributed by atoms with Gasteiger partial charge in [-0.2, -0.15) is 0 Å². The van der Waals surface area contributed by atoms with Crippen LogP contribution < -0.4 is 5.32 Å². The first kappa shape index (κ1) is 21.3. The van der Waals surface area contributed by atoms with Crippen LogP contribution in [0.15, 0.2) is 65.6 Å². The van der Waals surface area contributed by atoms with Crippen LogP contribution in [-0.2, 0) is 9.59 Å². The molecule has 0 spiro atoms. The molecule has 1 saturated heterocycles. The molecule has 0 bridgehead atoms. The number of nitro groups is 1. The largest absolute Gasteiger partial charge is 0.323 e. The lowest BCUT2D eigenvalue weighted by Gasteiger charge is -2.13. The molecule has 3 rings (SSSR count). The van der Waals surface area contributed by atoms with Crippen molar-refractivity contribution in [1.29, 1.82) is 0 Å². The highest BCUT2D eigenvalue weighted by molar-refractivity contribution is 8.18. The Labute approximate surface area is 180 Å². The number of allylic oxidation sites excluding steroid dienone is 2. The summed E-state index contributed by atoms with van der Waals surface area (Å²) in [7, 11) is 0. The summed E-state index contributed by atoms with van der Waals surface area (Å²) in [6.45, 7) is -0.457. The van der Waals surface area contributed by atoms with Gasteiger partial charge in [0.1, 0.15) is 6.54 Å². The molecule has 0 aromatic heterocycles. The van der Waals surface area contributed by atoms with Gasteiger partial charge in [-0.3, -0.25) is 29.4 Å². The van der Waals surface area contributed by atoms with Crippen LogP contribution >= 0.6 is 23.4 Å². The van der Waals surface area contributed by atoms with E-state index in [-0.39, 0.29) is 10.6 Å².